The Balaban J connectivity index is 2.64. The van der Waals surface area contributed by atoms with Crippen molar-refractivity contribution in [2.24, 2.45) is 0 Å². The standard InChI is InChI=1S/C13H15N3O5/c1-3-13(12(18)21-4-2)7-5-8(14)10(16(19)20)6-9(7)15-11(13)17/h5-6H,3-4,14H2,1-2H3,(H,15,17). The third-order valence-electron chi connectivity index (χ3n) is 3.61. The van der Waals surface area contributed by atoms with Gasteiger partial charge < -0.3 is 15.8 Å². The summed E-state index contributed by atoms with van der Waals surface area (Å²) in [5, 5.41) is 13.4. The van der Waals surface area contributed by atoms with E-state index in [0.717, 1.165) is 0 Å². The number of hydrogen-bond donors (Lipinski definition) is 2. The highest BCUT2D eigenvalue weighted by Gasteiger charge is 2.53. The molecule has 0 aliphatic carbocycles. The lowest BCUT2D eigenvalue weighted by molar-refractivity contribution is -0.383. The van der Waals surface area contributed by atoms with Crippen molar-refractivity contribution in [2.75, 3.05) is 17.7 Å². The first-order valence-corrected chi connectivity index (χ1v) is 6.45. The minimum Gasteiger partial charge on any atom is -0.465 e. The smallest absolute Gasteiger partial charge is 0.326 e. The SMILES string of the molecule is CCOC(=O)C1(CC)C(=O)Nc2cc([N+](=O)[O-])c(N)cc21. The van der Waals surface area contributed by atoms with E-state index in [1.807, 2.05) is 0 Å². The maximum Gasteiger partial charge on any atom is 0.326 e. The van der Waals surface area contributed by atoms with Crippen molar-refractivity contribution in [2.45, 2.75) is 25.7 Å². The van der Waals surface area contributed by atoms with Crippen molar-refractivity contribution < 1.29 is 19.2 Å². The number of esters is 1. The summed E-state index contributed by atoms with van der Waals surface area (Å²) < 4.78 is 4.99. The molecule has 1 aliphatic heterocycles. The first-order chi connectivity index (χ1) is 9.88. The number of nitro benzene ring substituents is 1. The van der Waals surface area contributed by atoms with Gasteiger partial charge in [-0.3, -0.25) is 19.7 Å². The van der Waals surface area contributed by atoms with Crippen LogP contribution in [0.2, 0.25) is 0 Å². The molecule has 2 rings (SSSR count). The maximum absolute atomic E-state index is 12.3. The lowest BCUT2D eigenvalue weighted by atomic mass is 9.79. The number of benzene rings is 1. The first-order valence-electron chi connectivity index (χ1n) is 6.45. The summed E-state index contributed by atoms with van der Waals surface area (Å²) in [6.45, 7) is 3.44. The highest BCUT2D eigenvalue weighted by molar-refractivity contribution is 6.19. The molecule has 1 aromatic rings. The molecule has 112 valence electrons. The third kappa shape index (κ3) is 1.99. The number of hydrogen-bond acceptors (Lipinski definition) is 6. The molecule has 8 heteroatoms. The number of anilines is 2. The number of rotatable bonds is 4. The van der Waals surface area contributed by atoms with Crippen LogP contribution in [0.25, 0.3) is 0 Å². The number of nitrogens with one attached hydrogen (secondary N) is 1. The van der Waals surface area contributed by atoms with Crippen LogP contribution in [0.15, 0.2) is 12.1 Å². The number of nitro groups is 1. The highest BCUT2D eigenvalue weighted by atomic mass is 16.6. The summed E-state index contributed by atoms with van der Waals surface area (Å²) in [4.78, 5) is 34.8. The molecular formula is C13H15N3O5. The Bertz CT molecular complexity index is 643. The number of fused-ring (bicyclic) bond motifs is 1. The molecule has 1 heterocycles. The Hall–Kier alpha value is -2.64. The zero-order valence-corrected chi connectivity index (χ0v) is 11.6. The van der Waals surface area contributed by atoms with Gasteiger partial charge in [-0.2, -0.15) is 0 Å². The summed E-state index contributed by atoms with van der Waals surface area (Å²) in [6, 6.07) is 2.46. The van der Waals surface area contributed by atoms with Gasteiger partial charge in [0.05, 0.1) is 17.2 Å². The van der Waals surface area contributed by atoms with Crippen LogP contribution in [0.5, 0.6) is 0 Å². The Morgan fingerprint density at radius 2 is 2.14 bits per heavy atom. The number of carbonyl (C=O) groups excluding carboxylic acids is 2. The summed E-state index contributed by atoms with van der Waals surface area (Å²) in [5.74, 6) is -1.24. The molecule has 1 unspecified atom stereocenters. The molecular weight excluding hydrogens is 278 g/mol. The summed E-state index contributed by atoms with van der Waals surface area (Å²) >= 11 is 0. The van der Waals surface area contributed by atoms with E-state index in [-0.39, 0.29) is 30.1 Å². The average molecular weight is 293 g/mol. The van der Waals surface area contributed by atoms with Gasteiger partial charge in [-0.15, -0.1) is 0 Å². The number of amides is 1. The summed E-state index contributed by atoms with van der Waals surface area (Å²) in [7, 11) is 0. The van der Waals surface area contributed by atoms with Crippen LogP contribution < -0.4 is 11.1 Å². The van der Waals surface area contributed by atoms with Crippen molar-refractivity contribution in [3.8, 4) is 0 Å². The lowest BCUT2D eigenvalue weighted by Crippen LogP contribution is -2.43. The fraction of sp³-hybridized carbons (Fsp3) is 0.385. The van der Waals surface area contributed by atoms with Crippen molar-refractivity contribution in [1.82, 2.24) is 0 Å². The minimum absolute atomic E-state index is 0.0997. The molecule has 1 aromatic carbocycles. The molecule has 1 amide bonds. The largest absolute Gasteiger partial charge is 0.465 e. The quantitative estimate of drug-likeness (QED) is 0.284. The predicted octanol–water partition coefficient (Wildman–Crippen LogP) is 1.34. The normalized spacial score (nSPS) is 19.8. The lowest BCUT2D eigenvalue weighted by Gasteiger charge is -2.23. The monoisotopic (exact) mass is 293 g/mol. The fourth-order valence-corrected chi connectivity index (χ4v) is 2.52. The molecule has 21 heavy (non-hydrogen) atoms. The second-order valence-electron chi connectivity index (χ2n) is 4.65. The summed E-state index contributed by atoms with van der Waals surface area (Å²) in [6.07, 6.45) is 0.169. The number of ether oxygens (including phenoxy) is 1. The number of carbonyl (C=O) groups is 2. The molecule has 1 aliphatic rings. The van der Waals surface area contributed by atoms with Crippen LogP contribution in [-0.2, 0) is 19.7 Å². The Morgan fingerprint density at radius 1 is 1.48 bits per heavy atom. The van der Waals surface area contributed by atoms with Gasteiger partial charge in [0.15, 0.2) is 5.41 Å². The maximum atomic E-state index is 12.3. The number of nitrogen functional groups attached to an aromatic ring is 1. The van der Waals surface area contributed by atoms with Crippen LogP contribution in [0.3, 0.4) is 0 Å². The first kappa shape index (κ1) is 14.8. The number of nitrogens with two attached hydrogens (primary N) is 1. The number of nitrogens with zero attached hydrogens (tertiary/aromatic N) is 1. The van der Waals surface area contributed by atoms with Gasteiger partial charge in [0.2, 0.25) is 5.91 Å². The molecule has 0 bridgehead atoms. The van der Waals surface area contributed by atoms with E-state index in [2.05, 4.69) is 5.32 Å². The molecule has 0 aromatic heterocycles. The van der Waals surface area contributed by atoms with Crippen LogP contribution in [0.1, 0.15) is 25.8 Å². The second kappa shape index (κ2) is 5.04. The van der Waals surface area contributed by atoms with Crippen LogP contribution >= 0.6 is 0 Å². The van der Waals surface area contributed by atoms with Gasteiger partial charge in [-0.25, -0.2) is 0 Å². The van der Waals surface area contributed by atoms with E-state index >= 15 is 0 Å². The van der Waals surface area contributed by atoms with E-state index in [1.165, 1.54) is 12.1 Å². The summed E-state index contributed by atoms with van der Waals surface area (Å²) in [5.41, 5.74) is 4.27. The second-order valence-corrected chi connectivity index (χ2v) is 4.65. The van der Waals surface area contributed by atoms with Gasteiger partial charge in [-0.05, 0) is 19.4 Å². The topological polar surface area (TPSA) is 125 Å². The van der Waals surface area contributed by atoms with Gasteiger partial charge in [0.1, 0.15) is 5.69 Å². The highest BCUT2D eigenvalue weighted by Crippen LogP contribution is 2.44. The fourth-order valence-electron chi connectivity index (χ4n) is 2.52. The minimum atomic E-state index is -1.51. The zero-order valence-electron chi connectivity index (χ0n) is 11.6. The Morgan fingerprint density at radius 3 is 2.67 bits per heavy atom. The van der Waals surface area contributed by atoms with Gasteiger partial charge in [-0.1, -0.05) is 6.92 Å². The molecule has 0 saturated heterocycles. The average Bonchev–Trinajstić information content (AvgIpc) is 2.69. The van der Waals surface area contributed by atoms with Crippen LogP contribution in [0.4, 0.5) is 17.1 Å². The molecule has 0 spiro atoms. The molecule has 1 atom stereocenters. The molecule has 0 radical (unpaired) electrons. The van der Waals surface area contributed by atoms with Gasteiger partial charge in [0, 0.05) is 11.6 Å². The van der Waals surface area contributed by atoms with Crippen LogP contribution in [0, 0.1) is 10.1 Å². The zero-order chi connectivity index (χ0) is 15.8. The van der Waals surface area contributed by atoms with Crippen molar-refractivity contribution in [3.05, 3.63) is 27.8 Å². The van der Waals surface area contributed by atoms with Gasteiger partial charge in [0.25, 0.3) is 5.69 Å². The Kier molecular flexibility index (Phi) is 3.54. The molecule has 0 saturated carbocycles. The van der Waals surface area contributed by atoms with Crippen molar-refractivity contribution in [1.29, 1.82) is 0 Å². The Labute approximate surface area is 120 Å². The molecule has 3 N–H and O–H groups in total. The van der Waals surface area contributed by atoms with E-state index in [4.69, 9.17) is 10.5 Å². The van der Waals surface area contributed by atoms with Gasteiger partial charge >= 0.3 is 5.97 Å². The van der Waals surface area contributed by atoms with E-state index in [1.54, 1.807) is 13.8 Å². The van der Waals surface area contributed by atoms with E-state index in [9.17, 15) is 19.7 Å². The van der Waals surface area contributed by atoms with Crippen molar-refractivity contribution >= 4 is 28.9 Å². The van der Waals surface area contributed by atoms with E-state index in [0.29, 0.717) is 5.56 Å². The van der Waals surface area contributed by atoms with Crippen LogP contribution in [-0.4, -0.2) is 23.4 Å². The molecule has 8 nitrogen and oxygen atoms in total. The van der Waals surface area contributed by atoms with Crippen molar-refractivity contribution in [3.63, 3.8) is 0 Å². The predicted molar refractivity (Wildman–Crippen MR) is 74.7 cm³/mol. The molecule has 0 fully saturated rings. The third-order valence-corrected chi connectivity index (χ3v) is 3.61. The van der Waals surface area contributed by atoms with E-state index < -0.39 is 22.2 Å².